The van der Waals surface area contributed by atoms with Gasteiger partial charge in [-0.3, -0.25) is 9.89 Å². The Morgan fingerprint density at radius 1 is 1.14 bits per heavy atom. The van der Waals surface area contributed by atoms with E-state index in [1.165, 1.54) is 0 Å². The number of hydrogen-bond donors (Lipinski definition) is 2. The van der Waals surface area contributed by atoms with E-state index in [2.05, 4.69) is 5.10 Å². The third-order valence-corrected chi connectivity index (χ3v) is 7.64. The van der Waals surface area contributed by atoms with Crippen molar-refractivity contribution in [3.8, 4) is 5.75 Å². The molecule has 0 aliphatic carbocycles. The van der Waals surface area contributed by atoms with Gasteiger partial charge in [0.2, 0.25) is 10.0 Å². The van der Waals surface area contributed by atoms with Crippen molar-refractivity contribution in [2.24, 2.45) is 0 Å². The lowest BCUT2D eigenvalue weighted by atomic mass is 10.1. The molecule has 2 aliphatic heterocycles. The largest absolute Gasteiger partial charge is 0.490 e. The van der Waals surface area contributed by atoms with Crippen LogP contribution in [0.25, 0.3) is 0 Å². The van der Waals surface area contributed by atoms with Crippen LogP contribution >= 0.6 is 0 Å². The first-order chi connectivity index (χ1) is 16.7. The Balaban J connectivity index is 1.50. The number of nitrogens with zero attached hydrogens (tertiary/aromatic N) is 2. The molecule has 1 aromatic carbocycles. The Hall–Kier alpha value is -2.68. The van der Waals surface area contributed by atoms with Crippen molar-refractivity contribution in [3.63, 3.8) is 0 Å². The highest BCUT2D eigenvalue weighted by Crippen LogP contribution is 2.36. The fourth-order valence-corrected chi connectivity index (χ4v) is 5.66. The minimum atomic E-state index is -5.09. The van der Waals surface area contributed by atoms with E-state index < -0.39 is 44.7 Å². The van der Waals surface area contributed by atoms with Gasteiger partial charge in [0.05, 0.1) is 0 Å². The average Bonchev–Trinajstić information content (AvgIpc) is 3.31. The summed E-state index contributed by atoms with van der Waals surface area (Å²) in [4.78, 5) is 16.4. The number of H-pyrrole nitrogens is 1. The molecule has 10 nitrogen and oxygen atoms in total. The van der Waals surface area contributed by atoms with E-state index >= 15 is 0 Å². The van der Waals surface area contributed by atoms with Gasteiger partial charge in [0.1, 0.15) is 16.7 Å². The summed E-state index contributed by atoms with van der Waals surface area (Å²) >= 11 is 0. The summed E-state index contributed by atoms with van der Waals surface area (Å²) in [6.07, 6.45) is -3.58. The molecule has 2 fully saturated rings. The SMILES string of the molecule is O=C(NOC1CCCCO1)c1n[nH]c(C(F)(F)F)c1S(=O)(=O)N1CCC(Oc2ccccc2)CC1. The van der Waals surface area contributed by atoms with Gasteiger partial charge in [-0.25, -0.2) is 18.7 Å². The highest BCUT2D eigenvalue weighted by molar-refractivity contribution is 7.89. The molecule has 1 atom stereocenters. The van der Waals surface area contributed by atoms with Crippen LogP contribution in [0.2, 0.25) is 0 Å². The molecule has 0 spiro atoms. The van der Waals surface area contributed by atoms with Crippen LogP contribution in [0, 0.1) is 0 Å². The van der Waals surface area contributed by atoms with E-state index in [4.69, 9.17) is 14.3 Å². The number of rotatable bonds is 7. The zero-order valence-corrected chi connectivity index (χ0v) is 19.4. The Labute approximate surface area is 199 Å². The van der Waals surface area contributed by atoms with Gasteiger partial charge in [-0.15, -0.1) is 0 Å². The van der Waals surface area contributed by atoms with Gasteiger partial charge in [0.25, 0.3) is 5.91 Å². The van der Waals surface area contributed by atoms with Crippen molar-refractivity contribution < 1.29 is 40.7 Å². The lowest BCUT2D eigenvalue weighted by molar-refractivity contribution is -0.186. The number of alkyl halides is 3. The van der Waals surface area contributed by atoms with E-state index in [0.717, 1.165) is 17.1 Å². The number of carbonyl (C=O) groups excluding carboxylic acids is 1. The van der Waals surface area contributed by atoms with E-state index in [0.29, 0.717) is 18.8 Å². The van der Waals surface area contributed by atoms with Crippen LogP contribution in [0.15, 0.2) is 35.2 Å². The van der Waals surface area contributed by atoms with Crippen LogP contribution in [0.5, 0.6) is 5.75 Å². The number of ether oxygens (including phenoxy) is 2. The third-order valence-electron chi connectivity index (χ3n) is 5.69. The van der Waals surface area contributed by atoms with Gasteiger partial charge in [0, 0.05) is 26.1 Å². The summed E-state index contributed by atoms with van der Waals surface area (Å²) in [5.74, 6) is -0.615. The Morgan fingerprint density at radius 3 is 2.49 bits per heavy atom. The highest BCUT2D eigenvalue weighted by Gasteiger charge is 2.45. The van der Waals surface area contributed by atoms with E-state index in [9.17, 15) is 26.4 Å². The van der Waals surface area contributed by atoms with Crippen LogP contribution in [-0.4, -0.2) is 60.9 Å². The second-order valence-electron chi connectivity index (χ2n) is 8.15. The molecule has 1 aromatic heterocycles. The molecule has 0 saturated carbocycles. The van der Waals surface area contributed by atoms with Gasteiger partial charge in [-0.05, 0) is 37.8 Å². The van der Waals surface area contributed by atoms with Crippen molar-refractivity contribution in [2.45, 2.75) is 55.6 Å². The quantitative estimate of drug-likeness (QED) is 0.541. The summed E-state index contributed by atoms with van der Waals surface area (Å²) < 4.78 is 79.5. The summed E-state index contributed by atoms with van der Waals surface area (Å²) in [6, 6.07) is 8.93. The predicted octanol–water partition coefficient (Wildman–Crippen LogP) is 2.85. The predicted molar refractivity (Wildman–Crippen MR) is 115 cm³/mol. The molecule has 2 N–H and O–H groups in total. The molecular weight excluding hydrogens is 493 g/mol. The number of para-hydroxylation sites is 1. The van der Waals surface area contributed by atoms with Crippen LogP contribution in [0.4, 0.5) is 13.2 Å². The number of piperidine rings is 1. The number of carbonyl (C=O) groups is 1. The molecule has 14 heteroatoms. The number of aromatic amines is 1. The Bertz CT molecular complexity index is 1110. The topological polar surface area (TPSA) is 123 Å². The lowest BCUT2D eigenvalue weighted by Crippen LogP contribution is -2.43. The molecule has 0 radical (unpaired) electrons. The maximum atomic E-state index is 13.6. The molecule has 192 valence electrons. The summed E-state index contributed by atoms with van der Waals surface area (Å²) in [5, 5.41) is 5.04. The van der Waals surface area contributed by atoms with Crippen molar-refractivity contribution in [2.75, 3.05) is 19.7 Å². The van der Waals surface area contributed by atoms with Crippen molar-refractivity contribution in [1.29, 1.82) is 0 Å². The number of benzene rings is 1. The maximum Gasteiger partial charge on any atom is 0.434 e. The second kappa shape index (κ2) is 10.5. The number of hydrogen-bond acceptors (Lipinski definition) is 7. The minimum Gasteiger partial charge on any atom is -0.490 e. The van der Waals surface area contributed by atoms with Gasteiger partial charge < -0.3 is 9.47 Å². The first-order valence-electron chi connectivity index (χ1n) is 11.1. The van der Waals surface area contributed by atoms with E-state index in [1.807, 2.05) is 11.5 Å². The molecule has 1 amide bonds. The number of halogens is 3. The van der Waals surface area contributed by atoms with Gasteiger partial charge in [-0.1, -0.05) is 18.2 Å². The number of sulfonamides is 1. The highest BCUT2D eigenvalue weighted by atomic mass is 32.2. The molecule has 3 heterocycles. The number of hydroxylamine groups is 1. The van der Waals surface area contributed by atoms with Crippen molar-refractivity contribution >= 4 is 15.9 Å². The first-order valence-corrected chi connectivity index (χ1v) is 12.6. The van der Waals surface area contributed by atoms with E-state index in [1.54, 1.807) is 29.4 Å². The Kier molecular flexibility index (Phi) is 7.64. The molecule has 2 saturated heterocycles. The second-order valence-corrected chi connectivity index (χ2v) is 10.0. The summed E-state index contributed by atoms with van der Waals surface area (Å²) in [5.41, 5.74) is -0.594. The van der Waals surface area contributed by atoms with Gasteiger partial charge >= 0.3 is 6.18 Å². The fourth-order valence-electron chi connectivity index (χ4n) is 3.91. The number of aromatic nitrogens is 2. The zero-order chi connectivity index (χ0) is 25.1. The van der Waals surface area contributed by atoms with Crippen LogP contribution in [0.1, 0.15) is 48.3 Å². The van der Waals surface area contributed by atoms with Crippen LogP contribution in [0.3, 0.4) is 0 Å². The summed E-state index contributed by atoms with van der Waals surface area (Å²) in [6.45, 7) is 0.232. The average molecular weight is 519 g/mol. The van der Waals surface area contributed by atoms with Crippen LogP contribution in [-0.2, 0) is 25.8 Å². The van der Waals surface area contributed by atoms with E-state index in [-0.39, 0.29) is 32.0 Å². The smallest absolute Gasteiger partial charge is 0.434 e. The number of nitrogens with one attached hydrogen (secondary N) is 2. The molecular formula is C21H25F3N4O6S. The third kappa shape index (κ3) is 5.94. The van der Waals surface area contributed by atoms with Crippen molar-refractivity contribution in [3.05, 3.63) is 41.7 Å². The van der Waals surface area contributed by atoms with Gasteiger partial charge in [0.15, 0.2) is 17.7 Å². The molecule has 1 unspecified atom stereocenters. The maximum absolute atomic E-state index is 13.6. The minimum absolute atomic E-state index is 0.0875. The van der Waals surface area contributed by atoms with Crippen molar-refractivity contribution in [1.82, 2.24) is 20.0 Å². The first kappa shape index (κ1) is 25.4. The molecule has 35 heavy (non-hydrogen) atoms. The Morgan fingerprint density at radius 2 is 1.86 bits per heavy atom. The molecule has 2 aromatic rings. The van der Waals surface area contributed by atoms with Crippen LogP contribution < -0.4 is 10.2 Å². The molecule has 0 bridgehead atoms. The normalized spacial score (nSPS) is 20.5. The summed E-state index contributed by atoms with van der Waals surface area (Å²) in [7, 11) is -4.73. The molecule has 4 rings (SSSR count). The van der Waals surface area contributed by atoms with Gasteiger partial charge in [-0.2, -0.15) is 22.6 Å². The zero-order valence-electron chi connectivity index (χ0n) is 18.6. The monoisotopic (exact) mass is 518 g/mol. The number of amides is 1. The fraction of sp³-hybridized carbons (Fsp3) is 0.524. The standard InChI is InChI=1S/C21H25F3N4O6S/c22-21(23,24)19-18(17(25-26-19)20(29)27-34-16-8-4-5-13-32-16)35(30,31)28-11-9-15(10-12-28)33-14-6-2-1-3-7-14/h1-3,6-7,15-16H,4-5,8-13H2,(H,25,26)(H,27,29). The molecule has 2 aliphatic rings. The lowest BCUT2D eigenvalue weighted by Gasteiger charge is -2.31.